The minimum absolute atomic E-state index is 0.0194. The van der Waals surface area contributed by atoms with Crippen LogP contribution in [0.4, 0.5) is 0 Å². The van der Waals surface area contributed by atoms with E-state index < -0.39 is 45.1 Å². The molecule has 3 atom stereocenters. The lowest BCUT2D eigenvalue weighted by Gasteiger charge is -2.20. The number of ether oxygens (including phenoxy) is 2. The van der Waals surface area contributed by atoms with Crippen LogP contribution in [0.3, 0.4) is 0 Å². The molecule has 54 heavy (non-hydrogen) atoms. The molecule has 3 unspecified atom stereocenters. The van der Waals surface area contributed by atoms with E-state index in [0.717, 1.165) is 51.4 Å². The van der Waals surface area contributed by atoms with E-state index in [-0.39, 0.29) is 13.0 Å². The lowest BCUT2D eigenvalue weighted by Crippen LogP contribution is -2.34. The predicted molar refractivity (Wildman–Crippen MR) is 222 cm³/mol. The summed E-state index contributed by atoms with van der Waals surface area (Å²) in [6, 6.07) is -1.47. The van der Waals surface area contributed by atoms with Crippen molar-refractivity contribution in [3.05, 3.63) is 12.2 Å². The van der Waals surface area contributed by atoms with Crippen LogP contribution in [-0.2, 0) is 32.7 Å². The molecule has 0 saturated heterocycles. The number of esters is 1. The molecule has 0 aromatic heterocycles. The summed E-state index contributed by atoms with van der Waals surface area (Å²) in [5, 5.41) is 8.89. The molecule has 320 valence electrons. The summed E-state index contributed by atoms with van der Waals surface area (Å²) >= 11 is 0. The van der Waals surface area contributed by atoms with Gasteiger partial charge in [0.15, 0.2) is 0 Å². The Morgan fingerprint density at radius 2 is 0.963 bits per heavy atom. The summed E-state index contributed by atoms with van der Waals surface area (Å²) in [6.45, 7) is 3.89. The van der Waals surface area contributed by atoms with Crippen LogP contribution in [0.2, 0.25) is 0 Å². The van der Waals surface area contributed by atoms with Crippen molar-refractivity contribution in [1.82, 2.24) is 0 Å². The Morgan fingerprint density at radius 1 is 0.574 bits per heavy atom. The molecule has 0 rings (SSSR count). The van der Waals surface area contributed by atoms with Crippen molar-refractivity contribution in [3.8, 4) is 0 Å². The number of unbranched alkanes of at least 4 members (excludes halogenated alkanes) is 27. The van der Waals surface area contributed by atoms with Gasteiger partial charge in [-0.2, -0.15) is 0 Å². The van der Waals surface area contributed by atoms with Crippen molar-refractivity contribution in [2.24, 2.45) is 5.73 Å². The van der Waals surface area contributed by atoms with Gasteiger partial charge in [-0.25, -0.2) is 4.57 Å². The molecule has 0 spiro atoms. The molecule has 11 heteroatoms. The molecule has 0 aliphatic heterocycles. The lowest BCUT2D eigenvalue weighted by atomic mass is 10.0. The number of phosphoric ester groups is 1. The third kappa shape index (κ3) is 39.0. The second-order valence-electron chi connectivity index (χ2n) is 15.2. The van der Waals surface area contributed by atoms with Gasteiger partial charge in [0, 0.05) is 13.0 Å². The molecule has 0 amide bonds. The van der Waals surface area contributed by atoms with E-state index in [2.05, 4.69) is 26.0 Å². The zero-order chi connectivity index (χ0) is 39.8. The molecule has 0 aromatic rings. The van der Waals surface area contributed by atoms with Crippen LogP contribution in [0, 0.1) is 0 Å². The van der Waals surface area contributed by atoms with Crippen molar-refractivity contribution >= 4 is 19.8 Å². The molecule has 10 nitrogen and oxygen atoms in total. The summed E-state index contributed by atoms with van der Waals surface area (Å²) < 4.78 is 33.3. The van der Waals surface area contributed by atoms with Crippen molar-refractivity contribution in [3.63, 3.8) is 0 Å². The predicted octanol–water partition coefficient (Wildman–Crippen LogP) is 12.1. The SMILES string of the molecule is CCCCCC/C=C\CCCCCCCC(=O)OC(COCCCCCCCCCCCCCCCCCCCCC)COP(=O)(O)OCC(N)C(=O)O. The van der Waals surface area contributed by atoms with E-state index >= 15 is 0 Å². The quantitative estimate of drug-likeness (QED) is 0.0235. The first-order valence-corrected chi connectivity index (χ1v) is 23.7. The smallest absolute Gasteiger partial charge is 0.472 e. The maximum Gasteiger partial charge on any atom is 0.472 e. The van der Waals surface area contributed by atoms with Crippen LogP contribution in [0.1, 0.15) is 213 Å². The monoisotopic (exact) mass is 790 g/mol. The van der Waals surface area contributed by atoms with Crippen molar-refractivity contribution in [1.29, 1.82) is 0 Å². The van der Waals surface area contributed by atoms with Gasteiger partial charge >= 0.3 is 19.8 Å². The van der Waals surface area contributed by atoms with Gasteiger partial charge in [0.2, 0.25) is 0 Å². The number of carboxylic acid groups (broad SMARTS) is 1. The average molecular weight is 790 g/mol. The van der Waals surface area contributed by atoms with Gasteiger partial charge in [-0.05, 0) is 38.5 Å². The standard InChI is InChI=1S/C43H84NO9P/c1-3-5-7-9-11-13-15-17-18-19-20-21-22-24-26-28-30-32-34-36-50-37-40(38-51-54(48,49)52-39-41(44)43(46)47)53-42(45)35-33-31-29-27-25-23-16-14-12-10-8-6-4-2/h14,16,40-41H,3-13,15,17-39,44H2,1-2H3,(H,46,47)(H,48,49)/b16-14-. The number of aliphatic carboxylic acids is 1. The summed E-state index contributed by atoms with van der Waals surface area (Å²) in [6.07, 6.45) is 41.2. The summed E-state index contributed by atoms with van der Waals surface area (Å²) in [5.74, 6) is -1.78. The molecule has 0 radical (unpaired) electrons. The zero-order valence-corrected chi connectivity index (χ0v) is 35.7. The first-order valence-electron chi connectivity index (χ1n) is 22.2. The number of carboxylic acids is 1. The van der Waals surface area contributed by atoms with Crippen LogP contribution in [0.15, 0.2) is 12.2 Å². The van der Waals surface area contributed by atoms with Gasteiger partial charge in [0.25, 0.3) is 0 Å². The van der Waals surface area contributed by atoms with Gasteiger partial charge in [-0.1, -0.05) is 180 Å². The molecule has 0 saturated carbocycles. The molecule has 0 aliphatic carbocycles. The fourth-order valence-corrected chi connectivity index (χ4v) is 7.08. The summed E-state index contributed by atoms with van der Waals surface area (Å²) in [7, 11) is -4.61. The topological polar surface area (TPSA) is 155 Å². The van der Waals surface area contributed by atoms with Gasteiger partial charge in [0.05, 0.1) is 19.8 Å². The largest absolute Gasteiger partial charge is 0.480 e. The van der Waals surface area contributed by atoms with Crippen LogP contribution in [-0.4, -0.2) is 60.5 Å². The van der Waals surface area contributed by atoms with Crippen molar-refractivity contribution in [2.75, 3.05) is 26.4 Å². The highest BCUT2D eigenvalue weighted by Crippen LogP contribution is 2.43. The Kier molecular flexibility index (Phi) is 39.0. The zero-order valence-electron chi connectivity index (χ0n) is 34.8. The van der Waals surface area contributed by atoms with Crippen LogP contribution in [0.25, 0.3) is 0 Å². The number of hydrogen-bond acceptors (Lipinski definition) is 8. The molecular formula is C43H84NO9P. The third-order valence-electron chi connectivity index (χ3n) is 9.79. The van der Waals surface area contributed by atoms with E-state index in [1.165, 1.54) is 135 Å². The Morgan fingerprint density at radius 3 is 1.43 bits per heavy atom. The number of phosphoric acid groups is 1. The Bertz CT molecular complexity index is 919. The highest BCUT2D eigenvalue weighted by Gasteiger charge is 2.27. The highest BCUT2D eigenvalue weighted by molar-refractivity contribution is 7.47. The molecule has 0 fully saturated rings. The maximum atomic E-state index is 12.6. The van der Waals surface area contributed by atoms with Crippen LogP contribution in [0.5, 0.6) is 0 Å². The highest BCUT2D eigenvalue weighted by atomic mass is 31.2. The molecule has 0 aromatic carbocycles. The average Bonchev–Trinajstić information content (AvgIpc) is 3.15. The fourth-order valence-electron chi connectivity index (χ4n) is 6.31. The Balaban J connectivity index is 4.16. The lowest BCUT2D eigenvalue weighted by molar-refractivity contribution is -0.154. The first-order chi connectivity index (χ1) is 26.2. The molecule has 4 N–H and O–H groups in total. The second kappa shape index (κ2) is 39.9. The van der Waals surface area contributed by atoms with Gasteiger partial charge in [0.1, 0.15) is 12.1 Å². The second-order valence-corrected chi connectivity index (χ2v) is 16.6. The molecule has 0 aliphatic rings. The number of rotatable bonds is 43. The van der Waals surface area contributed by atoms with Crippen LogP contribution >= 0.6 is 7.82 Å². The summed E-state index contributed by atoms with van der Waals surface area (Å²) in [4.78, 5) is 33.5. The Labute approximate surface area is 331 Å². The van der Waals surface area contributed by atoms with Gasteiger partial charge in [-0.3, -0.25) is 18.6 Å². The van der Waals surface area contributed by atoms with E-state index in [1.807, 2.05) is 0 Å². The fraction of sp³-hybridized carbons (Fsp3) is 0.907. The number of hydrogen-bond donors (Lipinski definition) is 3. The normalized spacial score (nSPS) is 14.0. The number of nitrogens with two attached hydrogens (primary N) is 1. The minimum atomic E-state index is -4.61. The summed E-state index contributed by atoms with van der Waals surface area (Å²) in [5.41, 5.74) is 5.35. The van der Waals surface area contributed by atoms with Gasteiger partial charge < -0.3 is 25.2 Å². The van der Waals surface area contributed by atoms with Crippen molar-refractivity contribution in [2.45, 2.75) is 225 Å². The maximum absolute atomic E-state index is 12.6. The third-order valence-corrected chi connectivity index (χ3v) is 10.7. The molecule has 0 heterocycles. The number of carbonyl (C=O) groups excluding carboxylic acids is 1. The van der Waals surface area contributed by atoms with E-state index in [4.69, 9.17) is 29.4 Å². The number of carbonyl (C=O) groups is 2. The molecule has 0 bridgehead atoms. The Hall–Kier alpha value is -1.29. The minimum Gasteiger partial charge on any atom is -0.480 e. The molecular weight excluding hydrogens is 705 g/mol. The van der Waals surface area contributed by atoms with Crippen LogP contribution < -0.4 is 5.73 Å². The van der Waals surface area contributed by atoms with Crippen molar-refractivity contribution < 1.29 is 42.7 Å². The first kappa shape index (κ1) is 52.7. The van der Waals surface area contributed by atoms with Gasteiger partial charge in [-0.15, -0.1) is 0 Å². The number of allylic oxidation sites excluding steroid dienone is 2. The van der Waals surface area contributed by atoms with E-state index in [0.29, 0.717) is 13.0 Å². The van der Waals surface area contributed by atoms with E-state index in [9.17, 15) is 19.0 Å². The van der Waals surface area contributed by atoms with E-state index in [1.54, 1.807) is 0 Å².